The summed E-state index contributed by atoms with van der Waals surface area (Å²) < 4.78 is 0. The van der Waals surface area contributed by atoms with Gasteiger partial charge in [-0.05, 0) is 18.1 Å². The molecule has 0 spiro atoms. The lowest BCUT2D eigenvalue weighted by Crippen LogP contribution is -1.99. The topological polar surface area (TPSA) is 17.1 Å². The fourth-order valence-corrected chi connectivity index (χ4v) is 1.36. The van der Waals surface area contributed by atoms with Crippen LogP contribution in [0.5, 0.6) is 0 Å². The Bertz CT molecular complexity index is 313. The van der Waals surface area contributed by atoms with Gasteiger partial charge in [0.25, 0.3) is 0 Å². The quantitative estimate of drug-likeness (QED) is 0.506. The second kappa shape index (κ2) is 4.61. The average Bonchev–Trinajstić information content (AvgIpc) is 2.18. The monoisotopic (exact) mass is 174 g/mol. The molecule has 0 atom stereocenters. The predicted octanol–water partition coefficient (Wildman–Crippen LogP) is 3.01. The normalized spacial score (nSPS) is 9.62. The van der Waals surface area contributed by atoms with Crippen LogP contribution in [0.3, 0.4) is 0 Å². The molecule has 0 heterocycles. The maximum atomic E-state index is 11.4. The van der Waals surface area contributed by atoms with Gasteiger partial charge in [-0.3, -0.25) is 4.79 Å². The molecule has 0 radical (unpaired) electrons. The van der Waals surface area contributed by atoms with Crippen molar-refractivity contribution in [3.63, 3.8) is 0 Å². The van der Waals surface area contributed by atoms with Crippen LogP contribution in [0.1, 0.15) is 29.3 Å². The molecule has 0 unspecified atom stereocenters. The van der Waals surface area contributed by atoms with Crippen LogP contribution in [0.4, 0.5) is 0 Å². The van der Waals surface area contributed by atoms with Gasteiger partial charge in [-0.25, -0.2) is 0 Å². The molecule has 68 valence electrons. The zero-order valence-corrected chi connectivity index (χ0v) is 7.92. The fraction of sp³-hybridized carbons (Fsp3) is 0.250. The third-order valence-corrected chi connectivity index (χ3v) is 1.99. The van der Waals surface area contributed by atoms with Gasteiger partial charge in [0.2, 0.25) is 0 Å². The Morgan fingerprint density at radius 2 is 2.15 bits per heavy atom. The molecule has 1 nitrogen and oxygen atoms in total. The molecule has 0 amide bonds. The number of rotatable bonds is 4. The van der Waals surface area contributed by atoms with Crippen LogP contribution in [0.15, 0.2) is 36.9 Å². The summed E-state index contributed by atoms with van der Waals surface area (Å²) >= 11 is 0. The van der Waals surface area contributed by atoms with Crippen molar-refractivity contribution in [2.24, 2.45) is 0 Å². The molecule has 0 saturated heterocycles. The minimum absolute atomic E-state index is 0.0176. The highest BCUT2D eigenvalue weighted by Gasteiger charge is 2.05. The molecule has 0 fully saturated rings. The van der Waals surface area contributed by atoms with Crippen LogP contribution in [0.25, 0.3) is 0 Å². The van der Waals surface area contributed by atoms with Gasteiger partial charge in [0, 0.05) is 5.56 Å². The molecule has 1 rings (SSSR count). The Balaban J connectivity index is 3.03. The average molecular weight is 174 g/mol. The van der Waals surface area contributed by atoms with Gasteiger partial charge in [0.1, 0.15) is 0 Å². The second-order valence-corrected chi connectivity index (χ2v) is 2.98. The molecule has 0 N–H and O–H groups in total. The summed E-state index contributed by atoms with van der Waals surface area (Å²) in [4.78, 5) is 11.4. The number of carbonyl (C=O) groups is 1. The number of benzene rings is 1. The maximum absolute atomic E-state index is 11.4. The van der Waals surface area contributed by atoms with Gasteiger partial charge in [0.15, 0.2) is 5.78 Å². The molecule has 0 aromatic heterocycles. The third kappa shape index (κ3) is 2.28. The number of aryl methyl sites for hydroxylation is 1. The van der Waals surface area contributed by atoms with E-state index in [9.17, 15) is 4.79 Å². The molecule has 0 aliphatic heterocycles. The van der Waals surface area contributed by atoms with Crippen LogP contribution in [0, 0.1) is 0 Å². The summed E-state index contributed by atoms with van der Waals surface area (Å²) in [6, 6.07) is 7.70. The Morgan fingerprint density at radius 1 is 1.46 bits per heavy atom. The van der Waals surface area contributed by atoms with E-state index in [-0.39, 0.29) is 5.78 Å². The second-order valence-electron chi connectivity index (χ2n) is 2.98. The molecule has 1 aromatic carbocycles. The molecular formula is C12H14O. The first-order chi connectivity index (χ1) is 6.29. The number of hydrogen-bond donors (Lipinski definition) is 0. The minimum Gasteiger partial charge on any atom is -0.289 e. The summed E-state index contributed by atoms with van der Waals surface area (Å²) in [7, 11) is 0. The molecule has 1 heteroatoms. The van der Waals surface area contributed by atoms with E-state index >= 15 is 0 Å². The first-order valence-electron chi connectivity index (χ1n) is 4.54. The fourth-order valence-electron chi connectivity index (χ4n) is 1.36. The van der Waals surface area contributed by atoms with Crippen molar-refractivity contribution in [2.75, 3.05) is 0 Å². The van der Waals surface area contributed by atoms with Crippen LogP contribution in [-0.2, 0) is 6.42 Å². The van der Waals surface area contributed by atoms with Crippen molar-refractivity contribution in [3.05, 3.63) is 48.0 Å². The Morgan fingerprint density at radius 3 is 2.77 bits per heavy atom. The van der Waals surface area contributed by atoms with E-state index in [0.717, 1.165) is 24.0 Å². The largest absolute Gasteiger partial charge is 0.289 e. The number of allylic oxidation sites excluding steroid dienone is 1. The first kappa shape index (κ1) is 9.72. The van der Waals surface area contributed by atoms with E-state index in [2.05, 4.69) is 13.5 Å². The van der Waals surface area contributed by atoms with Crippen LogP contribution in [-0.4, -0.2) is 5.78 Å². The van der Waals surface area contributed by atoms with Crippen LogP contribution >= 0.6 is 0 Å². The van der Waals surface area contributed by atoms with Gasteiger partial charge in [-0.15, -0.1) is 0 Å². The van der Waals surface area contributed by atoms with E-state index in [4.69, 9.17) is 0 Å². The molecule has 0 bridgehead atoms. The van der Waals surface area contributed by atoms with Gasteiger partial charge < -0.3 is 0 Å². The molecule has 0 aliphatic carbocycles. The first-order valence-corrected chi connectivity index (χ1v) is 4.54. The Kier molecular flexibility index (Phi) is 3.44. The van der Waals surface area contributed by atoms with Crippen LogP contribution < -0.4 is 0 Å². The van der Waals surface area contributed by atoms with Crippen molar-refractivity contribution in [1.29, 1.82) is 0 Å². The molecule has 1 aromatic rings. The van der Waals surface area contributed by atoms with Crippen LogP contribution in [0.2, 0.25) is 0 Å². The SMILES string of the molecule is C=CC(=O)c1ccccc1CCC. The highest BCUT2D eigenvalue weighted by molar-refractivity contribution is 6.05. The molecule has 13 heavy (non-hydrogen) atoms. The van der Waals surface area contributed by atoms with Gasteiger partial charge in [-0.1, -0.05) is 44.2 Å². The van der Waals surface area contributed by atoms with Crippen molar-refractivity contribution < 1.29 is 4.79 Å². The van der Waals surface area contributed by atoms with Gasteiger partial charge in [-0.2, -0.15) is 0 Å². The lowest BCUT2D eigenvalue weighted by Gasteiger charge is -2.04. The van der Waals surface area contributed by atoms with E-state index in [1.54, 1.807) is 0 Å². The zero-order chi connectivity index (χ0) is 9.68. The number of ketones is 1. The highest BCUT2D eigenvalue weighted by Crippen LogP contribution is 2.11. The van der Waals surface area contributed by atoms with Crippen molar-refractivity contribution in [2.45, 2.75) is 19.8 Å². The Labute approximate surface area is 79.1 Å². The lowest BCUT2D eigenvalue weighted by molar-refractivity contribution is 0.104. The van der Waals surface area contributed by atoms with Crippen molar-refractivity contribution >= 4 is 5.78 Å². The van der Waals surface area contributed by atoms with Gasteiger partial charge in [0.05, 0.1) is 0 Å². The number of hydrogen-bond acceptors (Lipinski definition) is 1. The van der Waals surface area contributed by atoms with Gasteiger partial charge >= 0.3 is 0 Å². The zero-order valence-electron chi connectivity index (χ0n) is 7.92. The maximum Gasteiger partial charge on any atom is 0.185 e. The highest BCUT2D eigenvalue weighted by atomic mass is 16.1. The Hall–Kier alpha value is -1.37. The summed E-state index contributed by atoms with van der Waals surface area (Å²) in [6.07, 6.45) is 3.38. The molecule has 0 aliphatic rings. The van der Waals surface area contributed by atoms with Crippen molar-refractivity contribution in [3.8, 4) is 0 Å². The van der Waals surface area contributed by atoms with E-state index in [1.165, 1.54) is 6.08 Å². The molecular weight excluding hydrogens is 160 g/mol. The smallest absolute Gasteiger partial charge is 0.185 e. The summed E-state index contributed by atoms with van der Waals surface area (Å²) in [6.45, 7) is 5.59. The van der Waals surface area contributed by atoms with E-state index < -0.39 is 0 Å². The van der Waals surface area contributed by atoms with E-state index in [0.29, 0.717) is 0 Å². The number of carbonyl (C=O) groups excluding carboxylic acids is 1. The summed E-state index contributed by atoms with van der Waals surface area (Å²) in [5.41, 5.74) is 1.91. The van der Waals surface area contributed by atoms with E-state index in [1.807, 2.05) is 24.3 Å². The lowest BCUT2D eigenvalue weighted by atomic mass is 10.0. The predicted molar refractivity (Wildman–Crippen MR) is 55.0 cm³/mol. The third-order valence-electron chi connectivity index (χ3n) is 1.99. The molecule has 0 saturated carbocycles. The van der Waals surface area contributed by atoms with Crippen molar-refractivity contribution in [1.82, 2.24) is 0 Å². The summed E-state index contributed by atoms with van der Waals surface area (Å²) in [5, 5.41) is 0. The standard InChI is InChI=1S/C12H14O/c1-3-7-10-8-5-6-9-11(10)12(13)4-2/h4-6,8-9H,2-3,7H2,1H3. The summed E-state index contributed by atoms with van der Waals surface area (Å²) in [5.74, 6) is 0.0176. The minimum atomic E-state index is 0.0176.